The number of pyridine rings is 1. The van der Waals surface area contributed by atoms with Crippen molar-refractivity contribution in [2.45, 2.75) is 12.8 Å². The van der Waals surface area contributed by atoms with Gasteiger partial charge < -0.3 is 14.8 Å². The van der Waals surface area contributed by atoms with Crippen LogP contribution in [0.25, 0.3) is 0 Å². The number of aromatic nitrogens is 1. The zero-order chi connectivity index (χ0) is 19.8. The lowest BCUT2D eigenvalue weighted by atomic mass is 10.2. The van der Waals surface area contributed by atoms with Gasteiger partial charge in [0.2, 0.25) is 5.91 Å². The van der Waals surface area contributed by atoms with Crippen LogP contribution in [0.3, 0.4) is 0 Å². The van der Waals surface area contributed by atoms with Crippen LogP contribution in [0.4, 0.5) is 20.2 Å². The number of ether oxygens (including phenoxy) is 2. The molecule has 1 amide bonds. The van der Waals surface area contributed by atoms with E-state index in [0.29, 0.717) is 4.57 Å². The minimum absolute atomic E-state index is 0.0686. The number of hydrogen-bond donors (Lipinski definition) is 1. The Morgan fingerprint density at radius 3 is 2.70 bits per heavy atom. The molecule has 1 aliphatic heterocycles. The van der Waals surface area contributed by atoms with Gasteiger partial charge in [-0.1, -0.05) is 0 Å². The molecule has 1 aromatic heterocycles. The van der Waals surface area contributed by atoms with Gasteiger partial charge in [0, 0.05) is 17.8 Å². The Labute approximate surface area is 148 Å². The lowest BCUT2D eigenvalue weighted by Crippen LogP contribution is -2.29. The van der Waals surface area contributed by atoms with Crippen LogP contribution in [0.1, 0.15) is 5.56 Å². The average molecular weight is 378 g/mol. The maximum absolute atomic E-state index is 13.0. The number of nitriles is 1. The van der Waals surface area contributed by atoms with Gasteiger partial charge in [0.25, 0.3) is 11.2 Å². The number of alkyl halides is 2. The fraction of sp³-hybridized carbons (Fsp3) is 0.133. The van der Waals surface area contributed by atoms with Crippen LogP contribution in [0.2, 0.25) is 0 Å². The predicted octanol–water partition coefficient (Wildman–Crippen LogP) is 1.59. The highest BCUT2D eigenvalue weighted by Gasteiger charge is 2.43. The number of fused-ring (bicyclic) bond motifs is 1. The Kier molecular flexibility index (Phi) is 4.20. The van der Waals surface area contributed by atoms with Gasteiger partial charge in [0.1, 0.15) is 18.2 Å². The van der Waals surface area contributed by atoms with E-state index in [2.05, 4.69) is 14.8 Å². The molecule has 2 heterocycles. The summed E-state index contributed by atoms with van der Waals surface area (Å²) in [5, 5.41) is 22.1. The largest absolute Gasteiger partial charge is 0.586 e. The molecule has 1 aliphatic rings. The second-order valence-corrected chi connectivity index (χ2v) is 5.29. The van der Waals surface area contributed by atoms with Crippen molar-refractivity contribution in [3.8, 4) is 17.6 Å². The Bertz CT molecular complexity index is 1060. The molecule has 1 aromatic carbocycles. The van der Waals surface area contributed by atoms with Crippen LogP contribution in [0, 0.1) is 21.4 Å². The summed E-state index contributed by atoms with van der Waals surface area (Å²) in [6.07, 6.45) is -2.99. The molecule has 0 aliphatic carbocycles. The number of anilines is 1. The molecule has 27 heavy (non-hydrogen) atoms. The van der Waals surface area contributed by atoms with Gasteiger partial charge in [-0.2, -0.15) is 5.26 Å². The normalized spacial score (nSPS) is 13.7. The molecule has 0 atom stereocenters. The van der Waals surface area contributed by atoms with E-state index in [1.165, 1.54) is 12.1 Å². The van der Waals surface area contributed by atoms with E-state index in [1.807, 2.05) is 0 Å². The Balaban J connectivity index is 1.80. The van der Waals surface area contributed by atoms with Crippen molar-refractivity contribution in [1.82, 2.24) is 4.57 Å². The minimum Gasteiger partial charge on any atom is -0.395 e. The first kappa shape index (κ1) is 17.8. The number of halogens is 2. The highest BCUT2D eigenvalue weighted by Crippen LogP contribution is 2.42. The third-order valence-electron chi connectivity index (χ3n) is 3.40. The number of nitrogens with zero attached hydrogens (tertiary/aromatic N) is 3. The van der Waals surface area contributed by atoms with E-state index in [9.17, 15) is 28.5 Å². The zero-order valence-corrected chi connectivity index (χ0v) is 13.1. The van der Waals surface area contributed by atoms with Crippen molar-refractivity contribution in [3.63, 3.8) is 0 Å². The lowest BCUT2D eigenvalue weighted by molar-refractivity contribution is -0.385. The van der Waals surface area contributed by atoms with Gasteiger partial charge in [-0.3, -0.25) is 24.3 Å². The van der Waals surface area contributed by atoms with Gasteiger partial charge >= 0.3 is 6.29 Å². The number of hydrogen-bond acceptors (Lipinski definition) is 7. The monoisotopic (exact) mass is 378 g/mol. The van der Waals surface area contributed by atoms with Gasteiger partial charge in [-0.25, -0.2) is 0 Å². The summed E-state index contributed by atoms with van der Waals surface area (Å²) in [6.45, 7) is -0.639. The summed E-state index contributed by atoms with van der Waals surface area (Å²) in [4.78, 5) is 34.2. The lowest BCUT2D eigenvalue weighted by Gasteiger charge is -2.08. The number of rotatable bonds is 4. The molecule has 3 rings (SSSR count). The molecule has 10 nitrogen and oxygen atoms in total. The minimum atomic E-state index is -3.81. The summed E-state index contributed by atoms with van der Waals surface area (Å²) in [5.41, 5.74) is -1.85. The van der Waals surface area contributed by atoms with Crippen molar-refractivity contribution in [2.24, 2.45) is 0 Å². The molecular weight excluding hydrogens is 370 g/mol. The molecule has 0 bridgehead atoms. The molecule has 12 heteroatoms. The molecule has 2 aromatic rings. The number of nitro groups is 1. The number of carbonyl (C=O) groups excluding carboxylic acids is 1. The molecule has 1 N–H and O–H groups in total. The van der Waals surface area contributed by atoms with E-state index >= 15 is 0 Å². The SMILES string of the molecule is N#Cc1cc([N+](=O)[O-])cn(CC(=O)Nc2ccc3c(c2)OC(F)(F)O3)c1=O. The molecule has 0 unspecified atom stereocenters. The fourth-order valence-corrected chi connectivity index (χ4v) is 2.30. The van der Waals surface area contributed by atoms with E-state index in [-0.39, 0.29) is 17.2 Å². The Morgan fingerprint density at radius 2 is 2.04 bits per heavy atom. The number of amides is 1. The second kappa shape index (κ2) is 6.37. The van der Waals surface area contributed by atoms with Crippen LogP contribution in [0.15, 0.2) is 35.3 Å². The average Bonchev–Trinajstić information content (AvgIpc) is 2.89. The highest BCUT2D eigenvalue weighted by atomic mass is 19.3. The smallest absolute Gasteiger partial charge is 0.395 e. The van der Waals surface area contributed by atoms with Gasteiger partial charge in [0.15, 0.2) is 11.5 Å². The maximum atomic E-state index is 13.0. The molecular formula is C15H8F2N4O6. The van der Waals surface area contributed by atoms with E-state index in [4.69, 9.17) is 5.26 Å². The first-order valence-electron chi connectivity index (χ1n) is 7.17. The molecule has 0 fully saturated rings. The van der Waals surface area contributed by atoms with Gasteiger partial charge in [-0.05, 0) is 12.1 Å². The maximum Gasteiger partial charge on any atom is 0.586 e. The Hall–Kier alpha value is -4.01. The van der Waals surface area contributed by atoms with E-state index < -0.39 is 40.5 Å². The quantitative estimate of drug-likeness (QED) is 0.630. The number of carbonyl (C=O) groups is 1. The third kappa shape index (κ3) is 3.66. The summed E-state index contributed by atoms with van der Waals surface area (Å²) in [7, 11) is 0. The molecule has 138 valence electrons. The molecule has 0 spiro atoms. The predicted molar refractivity (Wildman–Crippen MR) is 83.3 cm³/mol. The third-order valence-corrected chi connectivity index (χ3v) is 3.40. The summed E-state index contributed by atoms with van der Waals surface area (Å²) >= 11 is 0. The van der Waals surface area contributed by atoms with Crippen LogP contribution < -0.4 is 20.3 Å². The van der Waals surface area contributed by atoms with Gasteiger partial charge in [0.05, 0.1) is 11.1 Å². The van der Waals surface area contributed by atoms with Crippen LogP contribution in [-0.2, 0) is 11.3 Å². The van der Waals surface area contributed by atoms with Crippen molar-refractivity contribution < 1.29 is 28.0 Å². The Morgan fingerprint density at radius 1 is 1.33 bits per heavy atom. The molecule has 0 saturated carbocycles. The van der Waals surface area contributed by atoms with Crippen LogP contribution >= 0.6 is 0 Å². The molecule has 0 saturated heterocycles. The standard InChI is InChI=1S/C15H8F2N4O6/c16-15(17)26-11-2-1-9(4-12(11)27-15)19-13(22)7-20-6-10(21(24)25)3-8(5-18)14(20)23/h1-4,6H,7H2,(H,19,22). The summed E-state index contributed by atoms with van der Waals surface area (Å²) in [6, 6.07) is 5.82. The van der Waals surface area contributed by atoms with Crippen molar-refractivity contribution in [3.05, 3.63) is 56.5 Å². The first-order valence-corrected chi connectivity index (χ1v) is 7.17. The number of benzene rings is 1. The zero-order valence-electron chi connectivity index (χ0n) is 13.1. The van der Waals surface area contributed by atoms with Crippen LogP contribution in [0.5, 0.6) is 11.5 Å². The van der Waals surface area contributed by atoms with Crippen LogP contribution in [-0.4, -0.2) is 21.7 Å². The van der Waals surface area contributed by atoms with E-state index in [1.54, 1.807) is 0 Å². The van der Waals surface area contributed by atoms with Crippen molar-refractivity contribution >= 4 is 17.3 Å². The highest BCUT2D eigenvalue weighted by molar-refractivity contribution is 5.91. The summed E-state index contributed by atoms with van der Waals surface area (Å²) < 4.78 is 35.1. The van der Waals surface area contributed by atoms with Gasteiger partial charge in [-0.15, -0.1) is 8.78 Å². The first-order chi connectivity index (χ1) is 12.7. The van der Waals surface area contributed by atoms with Crippen molar-refractivity contribution in [2.75, 3.05) is 5.32 Å². The molecule has 0 radical (unpaired) electrons. The fourth-order valence-electron chi connectivity index (χ4n) is 2.30. The van der Waals surface area contributed by atoms with Crippen molar-refractivity contribution in [1.29, 1.82) is 5.26 Å². The second-order valence-electron chi connectivity index (χ2n) is 5.29. The summed E-state index contributed by atoms with van der Waals surface area (Å²) in [5.74, 6) is -1.30. The van der Waals surface area contributed by atoms with E-state index in [0.717, 1.165) is 24.4 Å². The topological polar surface area (TPSA) is 136 Å². The number of nitrogens with one attached hydrogen (secondary N) is 1.